The number of carbonyl (C=O) groups is 2. The standard InChI is InChI=1S/C20H15ClN4O2/c21-16-8-10-17(11-9-16)24-19(26)15-6-4-14(5-7-15)13-23-25-20(27)18-3-1-2-12-22-18/h1-13H,(H,24,26)(H,25,27). The van der Waals surface area contributed by atoms with Gasteiger partial charge in [-0.3, -0.25) is 14.6 Å². The van der Waals surface area contributed by atoms with E-state index in [9.17, 15) is 9.59 Å². The maximum Gasteiger partial charge on any atom is 0.289 e. The topological polar surface area (TPSA) is 83.5 Å². The van der Waals surface area contributed by atoms with Crippen molar-refractivity contribution in [1.82, 2.24) is 10.4 Å². The second-order valence-corrected chi connectivity index (χ2v) is 5.93. The summed E-state index contributed by atoms with van der Waals surface area (Å²) in [5.41, 5.74) is 4.58. The van der Waals surface area contributed by atoms with Gasteiger partial charge in [0.1, 0.15) is 5.69 Å². The van der Waals surface area contributed by atoms with Crippen LogP contribution in [-0.2, 0) is 0 Å². The number of hydrazone groups is 1. The lowest BCUT2D eigenvalue weighted by molar-refractivity contribution is 0.0949. The van der Waals surface area contributed by atoms with Gasteiger partial charge in [-0.1, -0.05) is 29.8 Å². The predicted molar refractivity (Wildman–Crippen MR) is 105 cm³/mol. The summed E-state index contributed by atoms with van der Waals surface area (Å²) in [6.07, 6.45) is 3.02. The van der Waals surface area contributed by atoms with Crippen LogP contribution in [0.2, 0.25) is 5.02 Å². The van der Waals surface area contributed by atoms with Crippen LogP contribution in [0.4, 0.5) is 5.69 Å². The molecule has 0 bridgehead atoms. The zero-order valence-electron chi connectivity index (χ0n) is 14.1. The molecular weight excluding hydrogens is 364 g/mol. The lowest BCUT2D eigenvalue weighted by atomic mass is 10.1. The molecule has 2 aromatic carbocycles. The van der Waals surface area contributed by atoms with Gasteiger partial charge in [0.15, 0.2) is 0 Å². The van der Waals surface area contributed by atoms with Crippen molar-refractivity contribution in [3.8, 4) is 0 Å². The van der Waals surface area contributed by atoms with E-state index >= 15 is 0 Å². The van der Waals surface area contributed by atoms with Crippen LogP contribution < -0.4 is 10.7 Å². The molecule has 0 spiro atoms. The molecule has 3 aromatic rings. The summed E-state index contributed by atoms with van der Waals surface area (Å²) in [6, 6.07) is 18.7. The van der Waals surface area contributed by atoms with E-state index in [1.54, 1.807) is 66.7 Å². The van der Waals surface area contributed by atoms with Crippen molar-refractivity contribution in [3.05, 3.63) is 94.8 Å². The van der Waals surface area contributed by atoms with E-state index in [4.69, 9.17) is 11.6 Å². The minimum atomic E-state index is -0.397. The lowest BCUT2D eigenvalue weighted by Crippen LogP contribution is -2.18. The van der Waals surface area contributed by atoms with Gasteiger partial charge >= 0.3 is 0 Å². The maximum atomic E-state index is 12.2. The van der Waals surface area contributed by atoms with Crippen molar-refractivity contribution in [1.29, 1.82) is 0 Å². The van der Waals surface area contributed by atoms with E-state index < -0.39 is 5.91 Å². The van der Waals surface area contributed by atoms with Crippen molar-refractivity contribution in [2.75, 3.05) is 5.32 Å². The van der Waals surface area contributed by atoms with Crippen molar-refractivity contribution < 1.29 is 9.59 Å². The summed E-state index contributed by atoms with van der Waals surface area (Å²) in [6.45, 7) is 0. The molecule has 0 aliphatic carbocycles. The van der Waals surface area contributed by atoms with Gasteiger partial charge in [0.05, 0.1) is 6.21 Å². The number of anilines is 1. The number of pyridine rings is 1. The summed E-state index contributed by atoms with van der Waals surface area (Å²) in [7, 11) is 0. The number of aromatic nitrogens is 1. The molecule has 0 saturated heterocycles. The fourth-order valence-corrected chi connectivity index (χ4v) is 2.30. The first kappa shape index (κ1) is 18.3. The molecular formula is C20H15ClN4O2. The largest absolute Gasteiger partial charge is 0.322 e. The summed E-state index contributed by atoms with van der Waals surface area (Å²) < 4.78 is 0. The van der Waals surface area contributed by atoms with Gasteiger partial charge in [0.25, 0.3) is 11.8 Å². The lowest BCUT2D eigenvalue weighted by Gasteiger charge is -2.05. The average Bonchev–Trinajstić information content (AvgIpc) is 2.71. The highest BCUT2D eigenvalue weighted by atomic mass is 35.5. The number of amides is 2. The fourth-order valence-electron chi connectivity index (χ4n) is 2.18. The minimum absolute atomic E-state index is 0.232. The predicted octanol–water partition coefficient (Wildman–Crippen LogP) is 3.75. The Bertz CT molecular complexity index is 956. The Balaban J connectivity index is 1.57. The van der Waals surface area contributed by atoms with E-state index in [-0.39, 0.29) is 11.6 Å². The molecule has 7 heteroatoms. The van der Waals surface area contributed by atoms with Crippen LogP contribution in [0, 0.1) is 0 Å². The second kappa shape index (κ2) is 8.73. The van der Waals surface area contributed by atoms with Crippen molar-refractivity contribution in [2.24, 2.45) is 5.10 Å². The minimum Gasteiger partial charge on any atom is -0.322 e. The van der Waals surface area contributed by atoms with Gasteiger partial charge in [-0.2, -0.15) is 5.10 Å². The van der Waals surface area contributed by atoms with E-state index in [0.717, 1.165) is 5.56 Å². The van der Waals surface area contributed by atoms with Gasteiger partial charge in [0.2, 0.25) is 0 Å². The van der Waals surface area contributed by atoms with Gasteiger partial charge in [-0.25, -0.2) is 5.43 Å². The van der Waals surface area contributed by atoms with E-state index in [0.29, 0.717) is 16.3 Å². The molecule has 0 aliphatic heterocycles. The fraction of sp³-hybridized carbons (Fsp3) is 0. The van der Waals surface area contributed by atoms with E-state index in [1.807, 2.05) is 0 Å². The van der Waals surface area contributed by atoms with Crippen LogP contribution in [0.15, 0.2) is 78.0 Å². The van der Waals surface area contributed by atoms with Crippen LogP contribution in [0.5, 0.6) is 0 Å². The quantitative estimate of drug-likeness (QED) is 0.524. The summed E-state index contributed by atoms with van der Waals surface area (Å²) in [5, 5.41) is 7.28. The molecule has 0 unspecified atom stereocenters. The molecule has 1 heterocycles. The molecule has 2 N–H and O–H groups in total. The normalized spacial score (nSPS) is 10.6. The number of benzene rings is 2. The Labute approximate surface area is 160 Å². The number of halogens is 1. The van der Waals surface area contributed by atoms with Crippen molar-refractivity contribution >= 4 is 35.3 Å². The molecule has 0 radical (unpaired) electrons. The molecule has 27 heavy (non-hydrogen) atoms. The average molecular weight is 379 g/mol. The van der Waals surface area contributed by atoms with E-state index in [1.165, 1.54) is 12.4 Å². The van der Waals surface area contributed by atoms with Gasteiger partial charge in [-0.15, -0.1) is 0 Å². The number of hydrogen-bond acceptors (Lipinski definition) is 4. The summed E-state index contributed by atoms with van der Waals surface area (Å²) >= 11 is 5.82. The molecule has 1 aromatic heterocycles. The van der Waals surface area contributed by atoms with Gasteiger partial charge < -0.3 is 5.32 Å². The van der Waals surface area contributed by atoms with Crippen molar-refractivity contribution in [3.63, 3.8) is 0 Å². The van der Waals surface area contributed by atoms with E-state index in [2.05, 4.69) is 20.8 Å². The Morgan fingerprint density at radius 1 is 0.926 bits per heavy atom. The summed E-state index contributed by atoms with van der Waals surface area (Å²) in [4.78, 5) is 28.0. The molecule has 0 fully saturated rings. The highest BCUT2D eigenvalue weighted by molar-refractivity contribution is 6.30. The monoisotopic (exact) mass is 378 g/mol. The Kier molecular flexibility index (Phi) is 5.91. The molecule has 0 saturated carbocycles. The zero-order valence-corrected chi connectivity index (χ0v) is 14.9. The molecule has 0 aliphatic rings. The van der Waals surface area contributed by atoms with Crippen molar-refractivity contribution in [2.45, 2.75) is 0 Å². The highest BCUT2D eigenvalue weighted by Crippen LogP contribution is 2.14. The second-order valence-electron chi connectivity index (χ2n) is 5.50. The first-order valence-corrected chi connectivity index (χ1v) is 8.41. The Morgan fingerprint density at radius 3 is 2.33 bits per heavy atom. The number of nitrogens with zero attached hydrogens (tertiary/aromatic N) is 2. The molecule has 6 nitrogen and oxygen atoms in total. The van der Waals surface area contributed by atoms with Crippen LogP contribution in [0.1, 0.15) is 26.4 Å². The third kappa shape index (κ3) is 5.23. The SMILES string of the molecule is O=C(Nc1ccc(Cl)cc1)c1ccc(C=NNC(=O)c2ccccn2)cc1. The summed E-state index contributed by atoms with van der Waals surface area (Å²) in [5.74, 6) is -0.630. The molecule has 3 rings (SSSR count). The zero-order chi connectivity index (χ0) is 19.1. The van der Waals surface area contributed by atoms with Crippen LogP contribution in [0.3, 0.4) is 0 Å². The smallest absolute Gasteiger partial charge is 0.289 e. The van der Waals surface area contributed by atoms with Crippen LogP contribution >= 0.6 is 11.6 Å². The number of carbonyl (C=O) groups excluding carboxylic acids is 2. The van der Waals surface area contributed by atoms with Crippen LogP contribution in [-0.4, -0.2) is 23.0 Å². The first-order chi connectivity index (χ1) is 13.1. The first-order valence-electron chi connectivity index (χ1n) is 8.03. The molecule has 0 atom stereocenters. The Hall–Kier alpha value is -3.51. The number of nitrogens with one attached hydrogen (secondary N) is 2. The molecule has 2 amide bonds. The number of rotatable bonds is 5. The third-order valence-corrected chi connectivity index (χ3v) is 3.80. The number of hydrogen-bond donors (Lipinski definition) is 2. The van der Waals surface area contributed by atoms with Crippen LogP contribution in [0.25, 0.3) is 0 Å². The molecule has 134 valence electrons. The van der Waals surface area contributed by atoms with Gasteiger partial charge in [0, 0.05) is 22.5 Å². The maximum absolute atomic E-state index is 12.2. The Morgan fingerprint density at radius 2 is 1.67 bits per heavy atom. The third-order valence-electron chi connectivity index (χ3n) is 3.55. The van der Waals surface area contributed by atoms with Gasteiger partial charge in [-0.05, 0) is 54.1 Å². The highest BCUT2D eigenvalue weighted by Gasteiger charge is 2.06.